The van der Waals surface area contributed by atoms with E-state index in [0.717, 1.165) is 25.2 Å². The number of hydrogen-bond donors (Lipinski definition) is 0. The molecule has 0 aliphatic rings. The quantitative estimate of drug-likeness (QED) is 0.338. The van der Waals surface area contributed by atoms with Gasteiger partial charge in [0.25, 0.3) is 0 Å². The number of rotatable bonds is 11. The van der Waals surface area contributed by atoms with Crippen LogP contribution in [0.5, 0.6) is 5.75 Å². The lowest BCUT2D eigenvalue weighted by molar-refractivity contribution is -0.118. The Balaban J connectivity index is 1.88. The number of thiazole rings is 1. The van der Waals surface area contributed by atoms with Crippen LogP contribution >= 0.6 is 22.9 Å². The van der Waals surface area contributed by atoms with E-state index in [2.05, 4.69) is 9.88 Å². The summed E-state index contributed by atoms with van der Waals surface area (Å²) in [5, 5.41) is 0.923. The molecular weight excluding hydrogens is 501 g/mol. The van der Waals surface area contributed by atoms with E-state index in [-0.39, 0.29) is 17.2 Å². The Hall–Kier alpha value is -2.27. The van der Waals surface area contributed by atoms with E-state index in [0.29, 0.717) is 39.2 Å². The number of likely N-dealkylation sites (N-methyl/N-ethyl adjacent to an activating group) is 1. The van der Waals surface area contributed by atoms with Crippen molar-refractivity contribution in [1.29, 1.82) is 0 Å². The molecule has 0 saturated heterocycles. The molecule has 0 fully saturated rings. The summed E-state index contributed by atoms with van der Waals surface area (Å²) in [6.07, 6.45) is -0.237. The van der Waals surface area contributed by atoms with Gasteiger partial charge in [-0.2, -0.15) is 0 Å². The minimum absolute atomic E-state index is 0.0205. The van der Waals surface area contributed by atoms with Crippen LogP contribution in [0, 0.1) is 5.82 Å². The number of halogens is 2. The van der Waals surface area contributed by atoms with Crippen LogP contribution in [0.4, 0.5) is 9.52 Å². The molecule has 0 saturated carbocycles. The molecule has 0 unspecified atom stereocenters. The third kappa shape index (κ3) is 6.04. The van der Waals surface area contributed by atoms with Crippen LogP contribution in [0.3, 0.4) is 0 Å². The molecule has 0 radical (unpaired) electrons. The molecule has 7 nitrogen and oxygen atoms in total. The summed E-state index contributed by atoms with van der Waals surface area (Å²) in [5.74, 6) is -0.750. The number of ether oxygens (including phenoxy) is 1. The summed E-state index contributed by atoms with van der Waals surface area (Å²) in [6, 6.07) is 8.00. The maximum atomic E-state index is 13.3. The van der Waals surface area contributed by atoms with Crippen molar-refractivity contribution in [2.45, 2.75) is 25.2 Å². The zero-order valence-electron chi connectivity index (χ0n) is 19.3. The van der Waals surface area contributed by atoms with Crippen LogP contribution in [0.2, 0.25) is 5.02 Å². The second-order valence-electron chi connectivity index (χ2n) is 7.52. The number of anilines is 1. The van der Waals surface area contributed by atoms with Gasteiger partial charge in [-0.3, -0.25) is 9.69 Å². The second-order valence-corrected chi connectivity index (χ2v) is 11.0. The van der Waals surface area contributed by atoms with E-state index >= 15 is 0 Å². The van der Waals surface area contributed by atoms with Gasteiger partial charge in [0, 0.05) is 19.5 Å². The molecule has 34 heavy (non-hydrogen) atoms. The maximum Gasteiger partial charge on any atom is 0.229 e. The highest BCUT2D eigenvalue weighted by Gasteiger charge is 2.25. The van der Waals surface area contributed by atoms with E-state index in [9.17, 15) is 17.6 Å². The average molecular weight is 528 g/mol. The van der Waals surface area contributed by atoms with Gasteiger partial charge in [0.2, 0.25) is 5.91 Å². The standard InChI is InChI=1S/C23H27ClFN3O4S2/c1-4-27(5-2)13-14-28(23-26-21-19(32-3)11-10-18(24)22(21)33-23)20(29)12-15-34(30,31)17-8-6-16(25)7-9-17/h6-11H,4-5,12-15H2,1-3H3. The topological polar surface area (TPSA) is 79.8 Å². The monoisotopic (exact) mass is 527 g/mol. The molecule has 3 rings (SSSR count). The Labute approximate surface area is 208 Å². The van der Waals surface area contributed by atoms with Gasteiger partial charge in [0.05, 0.1) is 27.5 Å². The first-order valence-electron chi connectivity index (χ1n) is 10.8. The predicted octanol–water partition coefficient (Wildman–Crippen LogP) is 4.64. The van der Waals surface area contributed by atoms with Crippen LogP contribution in [0.25, 0.3) is 10.2 Å². The van der Waals surface area contributed by atoms with Crippen molar-refractivity contribution in [3.05, 3.63) is 47.2 Å². The molecule has 1 aromatic heterocycles. The van der Waals surface area contributed by atoms with Crippen molar-refractivity contribution in [2.75, 3.05) is 43.9 Å². The molecule has 184 valence electrons. The summed E-state index contributed by atoms with van der Waals surface area (Å²) in [7, 11) is -2.22. The third-order valence-electron chi connectivity index (χ3n) is 5.49. The second kappa shape index (κ2) is 11.4. The third-order valence-corrected chi connectivity index (χ3v) is 8.76. The molecule has 1 heterocycles. The van der Waals surface area contributed by atoms with Crippen LogP contribution in [-0.4, -0.2) is 63.3 Å². The number of carbonyl (C=O) groups excluding carboxylic acids is 1. The summed E-state index contributed by atoms with van der Waals surface area (Å²) in [5.41, 5.74) is 0.551. The van der Waals surface area contributed by atoms with Gasteiger partial charge >= 0.3 is 0 Å². The smallest absolute Gasteiger partial charge is 0.229 e. The van der Waals surface area contributed by atoms with Gasteiger partial charge in [-0.25, -0.2) is 17.8 Å². The van der Waals surface area contributed by atoms with Gasteiger partial charge in [-0.05, 0) is 49.5 Å². The van der Waals surface area contributed by atoms with E-state index in [1.54, 1.807) is 12.1 Å². The highest BCUT2D eigenvalue weighted by atomic mass is 35.5. The predicted molar refractivity (Wildman–Crippen MR) is 134 cm³/mol. The summed E-state index contributed by atoms with van der Waals surface area (Å²) < 4.78 is 44.6. The molecule has 0 aliphatic carbocycles. The van der Waals surface area contributed by atoms with Gasteiger partial charge in [-0.15, -0.1) is 0 Å². The van der Waals surface area contributed by atoms with Crippen LogP contribution in [0.1, 0.15) is 20.3 Å². The lowest BCUT2D eigenvalue weighted by atomic mass is 10.3. The highest BCUT2D eigenvalue weighted by molar-refractivity contribution is 7.91. The molecule has 0 N–H and O–H groups in total. The first-order chi connectivity index (χ1) is 16.2. The maximum absolute atomic E-state index is 13.3. The number of carbonyl (C=O) groups is 1. The zero-order valence-corrected chi connectivity index (χ0v) is 21.6. The summed E-state index contributed by atoms with van der Waals surface area (Å²) in [6.45, 7) is 6.65. The normalized spacial score (nSPS) is 11.8. The number of hydrogen-bond acceptors (Lipinski definition) is 7. The van der Waals surface area contributed by atoms with Gasteiger partial charge in [0.15, 0.2) is 15.0 Å². The lowest BCUT2D eigenvalue weighted by Gasteiger charge is -2.24. The average Bonchev–Trinajstić information content (AvgIpc) is 3.27. The molecular formula is C23H27ClFN3O4S2. The van der Waals surface area contributed by atoms with E-state index < -0.39 is 21.4 Å². The molecule has 3 aromatic rings. The van der Waals surface area contributed by atoms with Crippen LogP contribution in [-0.2, 0) is 14.6 Å². The van der Waals surface area contributed by atoms with Crippen molar-refractivity contribution < 1.29 is 22.3 Å². The van der Waals surface area contributed by atoms with Crippen molar-refractivity contribution in [1.82, 2.24) is 9.88 Å². The van der Waals surface area contributed by atoms with E-state index in [4.69, 9.17) is 16.3 Å². The number of nitrogens with zero attached hydrogens (tertiary/aromatic N) is 3. The zero-order chi connectivity index (χ0) is 24.9. The lowest BCUT2D eigenvalue weighted by Crippen LogP contribution is -2.39. The number of aromatic nitrogens is 1. The van der Waals surface area contributed by atoms with E-state index in [1.165, 1.54) is 35.5 Å². The number of fused-ring (bicyclic) bond motifs is 1. The van der Waals surface area contributed by atoms with E-state index in [1.807, 2.05) is 13.8 Å². The Morgan fingerprint density at radius 2 is 1.79 bits per heavy atom. The Morgan fingerprint density at radius 3 is 2.41 bits per heavy atom. The van der Waals surface area contributed by atoms with Gasteiger partial charge < -0.3 is 9.64 Å². The van der Waals surface area contributed by atoms with Crippen molar-refractivity contribution in [3.8, 4) is 5.75 Å². The Kier molecular flexibility index (Phi) is 8.86. The first-order valence-corrected chi connectivity index (χ1v) is 13.7. The fourth-order valence-corrected chi connectivity index (χ4v) is 5.98. The fraction of sp³-hybridized carbons (Fsp3) is 0.391. The van der Waals surface area contributed by atoms with Crippen molar-refractivity contribution >= 4 is 54.0 Å². The minimum atomic E-state index is -3.75. The van der Waals surface area contributed by atoms with Crippen molar-refractivity contribution in [2.24, 2.45) is 0 Å². The molecule has 0 atom stereocenters. The fourth-order valence-electron chi connectivity index (χ4n) is 3.45. The first kappa shape index (κ1) is 26.3. The van der Waals surface area contributed by atoms with Crippen LogP contribution < -0.4 is 9.64 Å². The van der Waals surface area contributed by atoms with Gasteiger partial charge in [-0.1, -0.05) is 36.8 Å². The number of sulfone groups is 1. The Morgan fingerprint density at radius 1 is 1.12 bits per heavy atom. The molecule has 0 bridgehead atoms. The molecule has 0 spiro atoms. The largest absolute Gasteiger partial charge is 0.494 e. The Bertz CT molecular complexity index is 1250. The summed E-state index contributed by atoms with van der Waals surface area (Å²) in [4.78, 5) is 21.5. The highest BCUT2D eigenvalue weighted by Crippen LogP contribution is 2.38. The van der Waals surface area contributed by atoms with Gasteiger partial charge in [0.1, 0.15) is 17.1 Å². The molecule has 2 aromatic carbocycles. The summed E-state index contributed by atoms with van der Waals surface area (Å²) >= 11 is 7.61. The minimum Gasteiger partial charge on any atom is -0.494 e. The number of benzene rings is 2. The molecule has 11 heteroatoms. The number of methoxy groups -OCH3 is 1. The number of amides is 1. The SMILES string of the molecule is CCN(CC)CCN(C(=O)CCS(=O)(=O)c1ccc(F)cc1)c1nc2c(OC)ccc(Cl)c2s1. The van der Waals surface area contributed by atoms with Crippen LogP contribution in [0.15, 0.2) is 41.3 Å². The van der Waals surface area contributed by atoms with Crippen molar-refractivity contribution in [3.63, 3.8) is 0 Å². The molecule has 0 aliphatic heterocycles. The molecule has 1 amide bonds.